The molecule has 0 aliphatic heterocycles. The van der Waals surface area contributed by atoms with Crippen molar-refractivity contribution in [3.63, 3.8) is 0 Å². The van der Waals surface area contributed by atoms with Gasteiger partial charge in [0.05, 0.1) is 0 Å². The molecule has 3 heteroatoms. The summed E-state index contributed by atoms with van der Waals surface area (Å²) in [5.74, 6) is 0. The summed E-state index contributed by atoms with van der Waals surface area (Å²) in [4.78, 5) is 0. The molecule has 0 atom stereocenters. The molecule has 0 spiro atoms. The van der Waals surface area contributed by atoms with Crippen LogP contribution in [0.4, 0.5) is 0 Å². The van der Waals surface area contributed by atoms with E-state index in [1.54, 1.807) is 11.1 Å². The van der Waals surface area contributed by atoms with E-state index in [0.29, 0.717) is 0 Å². The SMILES string of the molecule is CC1=C(C)C(C)=C(C)C1.[Cl-].[Cl-].[Ti+4]. The number of halogens is 2. The Kier molecular flexibility index (Phi) is 11.1. The van der Waals surface area contributed by atoms with Gasteiger partial charge in [-0.05, 0) is 45.3 Å². The predicted octanol–water partition coefficient (Wildman–Crippen LogP) is -2.93. The molecule has 0 aromatic carbocycles. The first-order valence-corrected chi connectivity index (χ1v) is 3.46. The summed E-state index contributed by atoms with van der Waals surface area (Å²) >= 11 is 0. The zero-order valence-electron chi connectivity index (χ0n) is 7.96. The van der Waals surface area contributed by atoms with Crippen LogP contribution in [0.2, 0.25) is 0 Å². The maximum absolute atomic E-state index is 2.22. The summed E-state index contributed by atoms with van der Waals surface area (Å²) < 4.78 is 0. The Balaban J connectivity index is -0.000000270. The van der Waals surface area contributed by atoms with E-state index in [1.165, 1.54) is 17.6 Å². The molecular formula is C9H14Cl2Ti+2. The van der Waals surface area contributed by atoms with E-state index in [2.05, 4.69) is 27.7 Å². The van der Waals surface area contributed by atoms with Crippen LogP contribution < -0.4 is 24.8 Å². The first-order chi connectivity index (χ1) is 4.13. The minimum absolute atomic E-state index is 0. The van der Waals surface area contributed by atoms with Crippen molar-refractivity contribution < 1.29 is 46.5 Å². The Hall–Kier alpha value is 0.774. The molecule has 0 saturated carbocycles. The van der Waals surface area contributed by atoms with Gasteiger partial charge in [0, 0.05) is 0 Å². The fourth-order valence-corrected chi connectivity index (χ4v) is 1.30. The molecule has 0 saturated heterocycles. The number of rotatable bonds is 0. The summed E-state index contributed by atoms with van der Waals surface area (Å²) in [5, 5.41) is 0. The van der Waals surface area contributed by atoms with Crippen molar-refractivity contribution in [1.82, 2.24) is 0 Å². The average molecular weight is 241 g/mol. The summed E-state index contributed by atoms with van der Waals surface area (Å²) in [6, 6.07) is 0. The van der Waals surface area contributed by atoms with Gasteiger partial charge in [0.15, 0.2) is 0 Å². The molecule has 0 nitrogen and oxygen atoms in total. The van der Waals surface area contributed by atoms with Crippen LogP contribution in [-0.2, 0) is 21.7 Å². The minimum atomic E-state index is 0. The molecule has 12 heavy (non-hydrogen) atoms. The van der Waals surface area contributed by atoms with Gasteiger partial charge in [-0.2, -0.15) is 0 Å². The van der Waals surface area contributed by atoms with E-state index in [1.807, 2.05) is 0 Å². The average Bonchev–Trinajstić information content (AvgIpc) is 1.98. The fourth-order valence-electron chi connectivity index (χ4n) is 1.30. The zero-order chi connectivity index (χ0) is 7.02. The number of allylic oxidation sites excluding steroid dienone is 4. The topological polar surface area (TPSA) is 0 Å². The van der Waals surface area contributed by atoms with Gasteiger partial charge in [0.25, 0.3) is 0 Å². The third-order valence-corrected chi connectivity index (χ3v) is 2.37. The second-order valence-corrected chi connectivity index (χ2v) is 2.99. The Labute approximate surface area is 103 Å². The quantitative estimate of drug-likeness (QED) is 0.398. The van der Waals surface area contributed by atoms with Crippen molar-refractivity contribution in [3.05, 3.63) is 22.3 Å². The molecule has 0 fully saturated rings. The standard InChI is InChI=1S/C9H14.2ClH.Ti/c1-6-5-7(2)9(4)8(6)3;;;/h5H2,1-4H3;2*1H;/q;;;+4/p-2. The van der Waals surface area contributed by atoms with Crippen LogP contribution in [0.25, 0.3) is 0 Å². The van der Waals surface area contributed by atoms with Crippen LogP contribution >= 0.6 is 0 Å². The van der Waals surface area contributed by atoms with Crippen molar-refractivity contribution >= 4 is 0 Å². The molecular weight excluding hydrogens is 227 g/mol. The Morgan fingerprint density at radius 1 is 0.750 bits per heavy atom. The number of hydrogen-bond acceptors (Lipinski definition) is 0. The van der Waals surface area contributed by atoms with Crippen LogP contribution in [0, 0.1) is 0 Å². The Morgan fingerprint density at radius 2 is 1.00 bits per heavy atom. The van der Waals surface area contributed by atoms with Crippen molar-refractivity contribution in [1.29, 1.82) is 0 Å². The molecule has 0 amide bonds. The summed E-state index contributed by atoms with van der Waals surface area (Å²) in [6.07, 6.45) is 1.21. The minimum Gasteiger partial charge on any atom is -1.00 e. The van der Waals surface area contributed by atoms with Crippen LogP contribution in [0.1, 0.15) is 34.1 Å². The molecule has 1 aliphatic carbocycles. The van der Waals surface area contributed by atoms with Crippen molar-refractivity contribution in [2.24, 2.45) is 0 Å². The first-order valence-electron chi connectivity index (χ1n) is 3.46. The smallest absolute Gasteiger partial charge is 1.00 e. The van der Waals surface area contributed by atoms with Gasteiger partial charge < -0.3 is 24.8 Å². The van der Waals surface area contributed by atoms with Gasteiger partial charge in [-0.3, -0.25) is 0 Å². The maximum atomic E-state index is 2.22. The van der Waals surface area contributed by atoms with Crippen molar-refractivity contribution in [3.8, 4) is 0 Å². The van der Waals surface area contributed by atoms with E-state index in [4.69, 9.17) is 0 Å². The fraction of sp³-hybridized carbons (Fsp3) is 0.556. The van der Waals surface area contributed by atoms with Crippen molar-refractivity contribution in [2.45, 2.75) is 34.1 Å². The molecule has 1 aliphatic rings. The normalized spacial score (nSPS) is 15.0. The maximum Gasteiger partial charge on any atom is 4.00 e. The van der Waals surface area contributed by atoms with E-state index in [-0.39, 0.29) is 46.5 Å². The van der Waals surface area contributed by atoms with E-state index in [9.17, 15) is 0 Å². The largest absolute Gasteiger partial charge is 4.00 e. The Bertz CT molecular complexity index is 183. The molecule has 0 unspecified atom stereocenters. The van der Waals surface area contributed by atoms with Crippen LogP contribution in [0.3, 0.4) is 0 Å². The molecule has 0 heterocycles. The third kappa shape index (κ3) is 3.66. The van der Waals surface area contributed by atoms with Crippen LogP contribution in [-0.4, -0.2) is 0 Å². The van der Waals surface area contributed by atoms with Gasteiger partial charge in [0.1, 0.15) is 0 Å². The van der Waals surface area contributed by atoms with E-state index in [0.717, 1.165) is 0 Å². The Morgan fingerprint density at radius 3 is 1.08 bits per heavy atom. The zero-order valence-corrected chi connectivity index (χ0v) is 11.0. The first kappa shape index (κ1) is 18.5. The van der Waals surface area contributed by atoms with Gasteiger partial charge in [-0.15, -0.1) is 0 Å². The van der Waals surface area contributed by atoms with Gasteiger partial charge >= 0.3 is 21.7 Å². The van der Waals surface area contributed by atoms with E-state index < -0.39 is 0 Å². The van der Waals surface area contributed by atoms with E-state index >= 15 is 0 Å². The molecule has 0 N–H and O–H groups in total. The van der Waals surface area contributed by atoms with Gasteiger partial charge in [-0.25, -0.2) is 0 Å². The molecule has 66 valence electrons. The van der Waals surface area contributed by atoms with Crippen LogP contribution in [0.5, 0.6) is 0 Å². The molecule has 1 rings (SSSR count). The second kappa shape index (κ2) is 7.20. The molecule has 0 bridgehead atoms. The van der Waals surface area contributed by atoms with Gasteiger partial charge in [0.2, 0.25) is 0 Å². The molecule has 0 radical (unpaired) electrons. The predicted molar refractivity (Wildman–Crippen MR) is 41.4 cm³/mol. The summed E-state index contributed by atoms with van der Waals surface area (Å²) in [6.45, 7) is 8.85. The monoisotopic (exact) mass is 240 g/mol. The third-order valence-electron chi connectivity index (χ3n) is 2.37. The second-order valence-electron chi connectivity index (χ2n) is 2.99. The molecule has 0 aromatic rings. The summed E-state index contributed by atoms with van der Waals surface area (Å²) in [7, 11) is 0. The number of hydrogen-bond donors (Lipinski definition) is 0. The molecule has 0 aromatic heterocycles. The van der Waals surface area contributed by atoms with Gasteiger partial charge in [-0.1, -0.05) is 11.1 Å². The van der Waals surface area contributed by atoms with Crippen molar-refractivity contribution in [2.75, 3.05) is 0 Å². The van der Waals surface area contributed by atoms with Crippen LogP contribution in [0.15, 0.2) is 22.3 Å². The summed E-state index contributed by atoms with van der Waals surface area (Å²) in [5.41, 5.74) is 6.11.